The number of aromatic nitrogens is 1. The molecule has 2 heterocycles. The molecular formula is C28H36N4O5S3. The average molecular weight is 605 g/mol. The summed E-state index contributed by atoms with van der Waals surface area (Å²) in [7, 11) is -6.83. The number of fused-ring (bicyclic) bond motifs is 1. The summed E-state index contributed by atoms with van der Waals surface area (Å²) in [5.74, 6) is -0.114. The maximum Gasteiger partial charge on any atom is 0.243 e. The standard InChI is InChI=1S/C28H36N4O5S3/c1-4-16-31(17-5-2)40(36,37)24-11-7-21(8-12-24)9-14-27(33)30-28-29-25(20-38-28)22-10-13-26-23(19-22)15-18-32(26)39(34,35)6-3/h7-8,10-13,19-20H,4-6,9,14-18H2,1-3H3,(H,29,30,33). The van der Waals surface area contributed by atoms with Crippen molar-refractivity contribution in [2.45, 2.75) is 57.8 Å². The van der Waals surface area contributed by atoms with Crippen LogP contribution in [0.4, 0.5) is 10.8 Å². The molecule has 0 saturated carbocycles. The molecule has 0 atom stereocenters. The number of hydrogen-bond donors (Lipinski definition) is 1. The van der Waals surface area contributed by atoms with Crippen LogP contribution in [0, 0.1) is 0 Å². The Morgan fingerprint density at radius 3 is 2.38 bits per heavy atom. The fourth-order valence-electron chi connectivity index (χ4n) is 4.71. The molecule has 0 saturated heterocycles. The van der Waals surface area contributed by atoms with Crippen molar-refractivity contribution in [2.75, 3.05) is 35.0 Å². The molecule has 9 nitrogen and oxygen atoms in total. The number of benzene rings is 2. The van der Waals surface area contributed by atoms with E-state index in [0.29, 0.717) is 37.6 Å². The van der Waals surface area contributed by atoms with Gasteiger partial charge in [-0.3, -0.25) is 9.10 Å². The lowest BCUT2D eigenvalue weighted by atomic mass is 10.1. The van der Waals surface area contributed by atoms with Crippen LogP contribution in [-0.4, -0.2) is 57.4 Å². The number of carbonyl (C=O) groups excluding carboxylic acids is 1. The van der Waals surface area contributed by atoms with Crippen LogP contribution in [0.1, 0.15) is 51.2 Å². The number of carbonyl (C=O) groups is 1. The van der Waals surface area contributed by atoms with Crippen LogP contribution in [0.5, 0.6) is 0 Å². The molecule has 3 aromatic rings. The minimum Gasteiger partial charge on any atom is -0.302 e. The van der Waals surface area contributed by atoms with Crippen molar-refractivity contribution in [1.29, 1.82) is 0 Å². The number of sulfonamides is 2. The van der Waals surface area contributed by atoms with Gasteiger partial charge in [0, 0.05) is 37.0 Å². The van der Waals surface area contributed by atoms with Gasteiger partial charge in [-0.25, -0.2) is 21.8 Å². The number of anilines is 2. The van der Waals surface area contributed by atoms with Crippen LogP contribution < -0.4 is 9.62 Å². The number of nitrogens with zero attached hydrogens (tertiary/aromatic N) is 3. The molecule has 0 aliphatic carbocycles. The predicted molar refractivity (Wildman–Crippen MR) is 161 cm³/mol. The quantitative estimate of drug-likeness (QED) is 0.297. The lowest BCUT2D eigenvalue weighted by molar-refractivity contribution is -0.116. The first-order valence-electron chi connectivity index (χ1n) is 13.6. The molecule has 12 heteroatoms. The summed E-state index contributed by atoms with van der Waals surface area (Å²) >= 11 is 1.33. The molecule has 0 radical (unpaired) electrons. The van der Waals surface area contributed by atoms with Crippen LogP contribution in [0.3, 0.4) is 0 Å². The van der Waals surface area contributed by atoms with E-state index in [-0.39, 0.29) is 23.0 Å². The Bertz CT molecular complexity index is 1540. The zero-order chi connectivity index (χ0) is 28.9. The first-order chi connectivity index (χ1) is 19.1. The summed E-state index contributed by atoms with van der Waals surface area (Å²) in [4.78, 5) is 17.4. The molecule has 0 spiro atoms. The number of nitrogens with one attached hydrogen (secondary N) is 1. The summed E-state index contributed by atoms with van der Waals surface area (Å²) in [5, 5.41) is 5.20. The van der Waals surface area contributed by atoms with E-state index in [0.717, 1.165) is 40.9 Å². The Morgan fingerprint density at radius 2 is 1.73 bits per heavy atom. The van der Waals surface area contributed by atoms with Crippen molar-refractivity contribution < 1.29 is 21.6 Å². The maximum atomic E-state index is 12.9. The Kier molecular flexibility index (Phi) is 9.65. The van der Waals surface area contributed by atoms with Gasteiger partial charge in [-0.2, -0.15) is 4.31 Å². The van der Waals surface area contributed by atoms with Crippen LogP contribution in [0.15, 0.2) is 52.7 Å². The second kappa shape index (κ2) is 12.8. The SMILES string of the molecule is CCCN(CCC)S(=O)(=O)c1ccc(CCC(=O)Nc2nc(-c3ccc4c(c3)CCN4S(=O)(=O)CC)cs2)cc1. The maximum absolute atomic E-state index is 12.9. The highest BCUT2D eigenvalue weighted by Crippen LogP contribution is 2.35. The minimum absolute atomic E-state index is 0.0629. The number of amides is 1. The molecule has 1 aromatic heterocycles. The summed E-state index contributed by atoms with van der Waals surface area (Å²) in [5.41, 5.74) is 4.16. The van der Waals surface area contributed by atoms with Gasteiger partial charge in [-0.1, -0.05) is 32.0 Å². The molecule has 216 valence electrons. The third-order valence-corrected chi connectivity index (χ3v) is 11.3. The topological polar surface area (TPSA) is 117 Å². The molecule has 1 amide bonds. The largest absolute Gasteiger partial charge is 0.302 e. The van der Waals surface area contributed by atoms with Crippen LogP contribution in [0.2, 0.25) is 0 Å². The van der Waals surface area contributed by atoms with E-state index >= 15 is 0 Å². The van der Waals surface area contributed by atoms with E-state index in [1.165, 1.54) is 19.9 Å². The van der Waals surface area contributed by atoms with Crippen molar-refractivity contribution in [3.63, 3.8) is 0 Å². The number of thiazole rings is 1. The molecule has 0 unspecified atom stereocenters. The van der Waals surface area contributed by atoms with Crippen molar-refractivity contribution in [3.05, 3.63) is 59.0 Å². The van der Waals surface area contributed by atoms with Crippen molar-refractivity contribution in [1.82, 2.24) is 9.29 Å². The lowest BCUT2D eigenvalue weighted by Gasteiger charge is -2.21. The minimum atomic E-state index is -3.53. The van der Waals surface area contributed by atoms with E-state index in [2.05, 4.69) is 10.3 Å². The first-order valence-corrected chi connectivity index (χ1v) is 17.5. The van der Waals surface area contributed by atoms with E-state index in [4.69, 9.17) is 0 Å². The fourth-order valence-corrected chi connectivity index (χ4v) is 8.23. The predicted octanol–water partition coefficient (Wildman–Crippen LogP) is 4.90. The van der Waals surface area contributed by atoms with Crippen LogP contribution >= 0.6 is 11.3 Å². The second-order valence-electron chi connectivity index (χ2n) is 9.70. The number of hydrogen-bond acceptors (Lipinski definition) is 7. The Balaban J connectivity index is 1.34. The van der Waals surface area contributed by atoms with Gasteiger partial charge in [0.05, 0.1) is 22.0 Å². The molecule has 0 fully saturated rings. The van der Waals surface area contributed by atoms with Crippen molar-refractivity contribution >= 4 is 48.1 Å². The van der Waals surface area contributed by atoms with Gasteiger partial charge in [-0.05, 0) is 68.0 Å². The number of rotatable bonds is 13. The fraction of sp³-hybridized carbons (Fsp3) is 0.429. The zero-order valence-electron chi connectivity index (χ0n) is 23.1. The van der Waals surface area contributed by atoms with Crippen LogP contribution in [0.25, 0.3) is 11.3 Å². The van der Waals surface area contributed by atoms with Crippen molar-refractivity contribution in [2.24, 2.45) is 0 Å². The molecular weight excluding hydrogens is 569 g/mol. The molecule has 1 aliphatic heterocycles. The van der Waals surface area contributed by atoms with Gasteiger partial charge in [0.1, 0.15) is 0 Å². The Morgan fingerprint density at radius 1 is 1.02 bits per heavy atom. The van der Waals surface area contributed by atoms with E-state index in [1.807, 2.05) is 37.4 Å². The van der Waals surface area contributed by atoms with E-state index < -0.39 is 20.0 Å². The normalized spacial score (nSPS) is 13.6. The molecule has 0 bridgehead atoms. The van der Waals surface area contributed by atoms with Gasteiger partial charge in [0.15, 0.2) is 5.13 Å². The van der Waals surface area contributed by atoms with E-state index in [9.17, 15) is 21.6 Å². The van der Waals surface area contributed by atoms with Crippen molar-refractivity contribution in [3.8, 4) is 11.3 Å². The lowest BCUT2D eigenvalue weighted by Crippen LogP contribution is -2.32. The third-order valence-electron chi connectivity index (χ3n) is 6.83. The highest BCUT2D eigenvalue weighted by molar-refractivity contribution is 7.92. The molecule has 4 rings (SSSR count). The average Bonchev–Trinajstić information content (AvgIpc) is 3.59. The zero-order valence-corrected chi connectivity index (χ0v) is 25.5. The number of aryl methyl sites for hydroxylation is 1. The highest BCUT2D eigenvalue weighted by atomic mass is 32.2. The van der Waals surface area contributed by atoms with Gasteiger partial charge in [-0.15, -0.1) is 11.3 Å². The van der Waals surface area contributed by atoms with Gasteiger partial charge < -0.3 is 5.32 Å². The first kappa shape index (κ1) is 30.2. The van der Waals surface area contributed by atoms with Gasteiger partial charge in [0.25, 0.3) is 0 Å². The van der Waals surface area contributed by atoms with E-state index in [1.54, 1.807) is 31.2 Å². The third kappa shape index (κ3) is 6.73. The summed E-state index contributed by atoms with van der Waals surface area (Å²) < 4.78 is 53.6. The molecule has 40 heavy (non-hydrogen) atoms. The Labute approximate surface area is 241 Å². The monoisotopic (exact) mass is 604 g/mol. The van der Waals surface area contributed by atoms with Gasteiger partial charge >= 0.3 is 0 Å². The molecule has 2 aromatic carbocycles. The molecule has 1 aliphatic rings. The second-order valence-corrected chi connectivity index (χ2v) is 14.7. The summed E-state index contributed by atoms with van der Waals surface area (Å²) in [6.07, 6.45) is 2.87. The van der Waals surface area contributed by atoms with Gasteiger partial charge in [0.2, 0.25) is 26.0 Å². The molecule has 1 N–H and O–H groups in total. The Hall–Kier alpha value is -2.80. The smallest absolute Gasteiger partial charge is 0.243 e. The summed E-state index contributed by atoms with van der Waals surface area (Å²) in [6.45, 7) is 7.00. The van der Waals surface area contributed by atoms with Crippen LogP contribution in [-0.2, 0) is 37.7 Å². The summed E-state index contributed by atoms with van der Waals surface area (Å²) in [6, 6.07) is 12.4. The highest BCUT2D eigenvalue weighted by Gasteiger charge is 2.28.